The summed E-state index contributed by atoms with van der Waals surface area (Å²) in [6.07, 6.45) is 6.38. The van der Waals surface area contributed by atoms with Crippen LogP contribution in [0.4, 0.5) is 10.1 Å². The Morgan fingerprint density at radius 1 is 1.30 bits per heavy atom. The number of halogens is 1. The van der Waals surface area contributed by atoms with E-state index in [1.54, 1.807) is 18.2 Å². The quantitative estimate of drug-likeness (QED) is 0.580. The summed E-state index contributed by atoms with van der Waals surface area (Å²) in [5.74, 6) is -2.06. The summed E-state index contributed by atoms with van der Waals surface area (Å²) in [7, 11) is 0. The molecule has 2 aliphatic rings. The summed E-state index contributed by atoms with van der Waals surface area (Å²) in [5, 5.41) is 2.56. The molecule has 1 aliphatic carbocycles. The molecule has 1 unspecified atom stereocenters. The van der Waals surface area contributed by atoms with Crippen molar-refractivity contribution in [2.75, 3.05) is 25.0 Å². The van der Waals surface area contributed by atoms with E-state index in [9.17, 15) is 18.8 Å². The molecule has 2 aromatic rings. The van der Waals surface area contributed by atoms with Crippen molar-refractivity contribution in [1.82, 2.24) is 14.8 Å². The Balaban J connectivity index is 1.37. The summed E-state index contributed by atoms with van der Waals surface area (Å²) in [4.78, 5) is 42.6. The third-order valence-electron chi connectivity index (χ3n) is 5.52. The van der Waals surface area contributed by atoms with Gasteiger partial charge in [-0.2, -0.15) is 0 Å². The standard InChI is InChI=1S/C21H23FN4O4/c1-13-12-25(9-10-26(13)16-4-2-3-14(22)5-7-16)20(28)19(27)23-15-6-8-17-18(11-15)30-21(29)24-17/h2,4-6,8,11,13,16H,3,7,9-10,12H2,1H3,(H,23,27)(H,24,29)/t13-,16?/m1/s1. The largest absolute Gasteiger partial charge is 0.417 e. The second-order valence-electron chi connectivity index (χ2n) is 7.60. The summed E-state index contributed by atoms with van der Waals surface area (Å²) >= 11 is 0. The molecular weight excluding hydrogens is 391 g/mol. The molecule has 8 nitrogen and oxygen atoms in total. The minimum absolute atomic E-state index is 0.0326. The summed E-state index contributed by atoms with van der Waals surface area (Å²) in [5.41, 5.74) is 1.18. The van der Waals surface area contributed by atoms with Crippen LogP contribution in [0.3, 0.4) is 0 Å². The number of allylic oxidation sites excluding steroid dienone is 2. The van der Waals surface area contributed by atoms with Crippen molar-refractivity contribution < 1.29 is 18.4 Å². The number of benzene rings is 1. The number of carbonyl (C=O) groups is 2. The first-order valence-corrected chi connectivity index (χ1v) is 9.91. The summed E-state index contributed by atoms with van der Waals surface area (Å²) in [6, 6.07) is 4.79. The number of nitrogens with one attached hydrogen (secondary N) is 2. The molecule has 1 fully saturated rings. The first-order valence-electron chi connectivity index (χ1n) is 9.91. The average Bonchev–Trinajstić information content (AvgIpc) is 2.95. The van der Waals surface area contributed by atoms with Crippen LogP contribution in [0, 0.1) is 0 Å². The Bertz CT molecular complexity index is 1090. The molecule has 9 heteroatoms. The smallest absolute Gasteiger partial charge is 0.408 e. The molecule has 30 heavy (non-hydrogen) atoms. The van der Waals surface area contributed by atoms with Crippen LogP contribution < -0.4 is 11.1 Å². The maximum absolute atomic E-state index is 13.5. The predicted octanol–water partition coefficient (Wildman–Crippen LogP) is 2.16. The van der Waals surface area contributed by atoms with Crippen LogP contribution in [-0.2, 0) is 9.59 Å². The summed E-state index contributed by atoms with van der Waals surface area (Å²) in [6.45, 7) is 3.43. The molecular formula is C21H23FN4O4. The monoisotopic (exact) mass is 414 g/mol. The number of H-pyrrole nitrogens is 1. The molecule has 0 radical (unpaired) electrons. The van der Waals surface area contributed by atoms with Gasteiger partial charge in [0.15, 0.2) is 5.58 Å². The minimum atomic E-state index is -0.743. The van der Waals surface area contributed by atoms with E-state index >= 15 is 0 Å². The topological polar surface area (TPSA) is 98.7 Å². The molecule has 1 aromatic heterocycles. The van der Waals surface area contributed by atoms with Gasteiger partial charge in [-0.05, 0) is 25.5 Å². The highest BCUT2D eigenvalue weighted by molar-refractivity contribution is 6.39. The number of hydrogen-bond donors (Lipinski definition) is 2. The highest BCUT2D eigenvalue weighted by Gasteiger charge is 2.32. The normalized spacial score (nSPS) is 22.6. The van der Waals surface area contributed by atoms with Crippen molar-refractivity contribution in [3.63, 3.8) is 0 Å². The lowest BCUT2D eigenvalue weighted by molar-refractivity contribution is -0.145. The number of hydrogen-bond acceptors (Lipinski definition) is 5. The van der Waals surface area contributed by atoms with Crippen LogP contribution in [0.15, 0.2) is 51.5 Å². The Morgan fingerprint density at radius 2 is 2.13 bits per heavy atom. The van der Waals surface area contributed by atoms with Gasteiger partial charge >= 0.3 is 17.6 Å². The zero-order valence-corrected chi connectivity index (χ0v) is 16.6. The number of fused-ring (bicyclic) bond motifs is 1. The van der Waals surface area contributed by atoms with Gasteiger partial charge in [-0.3, -0.25) is 19.5 Å². The van der Waals surface area contributed by atoms with E-state index in [0.717, 1.165) is 0 Å². The van der Waals surface area contributed by atoms with E-state index in [4.69, 9.17) is 4.42 Å². The maximum atomic E-state index is 13.5. The predicted molar refractivity (Wildman–Crippen MR) is 110 cm³/mol. The number of aromatic nitrogens is 1. The second kappa shape index (κ2) is 8.27. The van der Waals surface area contributed by atoms with Crippen LogP contribution in [0.25, 0.3) is 11.1 Å². The van der Waals surface area contributed by atoms with Gasteiger partial charge in [0.1, 0.15) is 0 Å². The van der Waals surface area contributed by atoms with Crippen molar-refractivity contribution in [3.8, 4) is 0 Å². The maximum Gasteiger partial charge on any atom is 0.417 e. The Kier molecular flexibility index (Phi) is 5.54. The number of rotatable bonds is 2. The van der Waals surface area contributed by atoms with Crippen molar-refractivity contribution in [3.05, 3.63) is 52.8 Å². The van der Waals surface area contributed by atoms with E-state index in [1.165, 1.54) is 11.0 Å². The molecule has 1 aromatic carbocycles. The lowest BCUT2D eigenvalue weighted by atomic mass is 10.1. The molecule has 2 N–H and O–H groups in total. The number of oxazole rings is 1. The number of nitrogens with zero attached hydrogens (tertiary/aromatic N) is 2. The Morgan fingerprint density at radius 3 is 2.93 bits per heavy atom. The van der Waals surface area contributed by atoms with Gasteiger partial charge in [0.25, 0.3) is 0 Å². The fourth-order valence-corrected chi connectivity index (χ4v) is 3.99. The lowest BCUT2D eigenvalue weighted by Crippen LogP contribution is -2.57. The number of anilines is 1. The van der Waals surface area contributed by atoms with Gasteiger partial charge in [0, 0.05) is 49.9 Å². The van der Waals surface area contributed by atoms with Crippen molar-refractivity contribution in [2.45, 2.75) is 31.8 Å². The van der Waals surface area contributed by atoms with Gasteiger partial charge in [0.05, 0.1) is 11.3 Å². The van der Waals surface area contributed by atoms with E-state index in [0.29, 0.717) is 49.3 Å². The fraction of sp³-hybridized carbons (Fsp3) is 0.381. The van der Waals surface area contributed by atoms with Crippen molar-refractivity contribution >= 4 is 28.6 Å². The SMILES string of the molecule is C[C@@H]1CN(C(=O)C(=O)Nc2ccc3[nH]c(=O)oc3c2)CCN1C1C=CCC(F)=CC1. The lowest BCUT2D eigenvalue weighted by Gasteiger charge is -2.42. The zero-order chi connectivity index (χ0) is 21.3. The molecule has 158 valence electrons. The van der Waals surface area contributed by atoms with E-state index < -0.39 is 17.6 Å². The molecule has 4 rings (SSSR count). The fourth-order valence-electron chi connectivity index (χ4n) is 3.99. The zero-order valence-electron chi connectivity index (χ0n) is 16.6. The number of amides is 2. The number of piperazine rings is 1. The molecule has 0 bridgehead atoms. The van der Waals surface area contributed by atoms with Gasteiger partial charge in [-0.1, -0.05) is 18.2 Å². The molecule has 2 atom stereocenters. The highest BCUT2D eigenvalue weighted by atomic mass is 19.1. The van der Waals surface area contributed by atoms with Gasteiger partial charge < -0.3 is 14.6 Å². The van der Waals surface area contributed by atoms with Crippen molar-refractivity contribution in [2.24, 2.45) is 0 Å². The first kappa shape index (κ1) is 20.1. The molecule has 1 aliphatic heterocycles. The van der Waals surface area contributed by atoms with Crippen LogP contribution in [0.2, 0.25) is 0 Å². The molecule has 2 heterocycles. The number of carbonyl (C=O) groups excluding carboxylic acids is 2. The molecule has 0 saturated carbocycles. The van der Waals surface area contributed by atoms with Gasteiger partial charge in [-0.25, -0.2) is 9.18 Å². The molecule has 1 saturated heterocycles. The van der Waals surface area contributed by atoms with Crippen LogP contribution in [0.5, 0.6) is 0 Å². The van der Waals surface area contributed by atoms with E-state index in [-0.39, 0.29) is 17.9 Å². The van der Waals surface area contributed by atoms with Crippen LogP contribution >= 0.6 is 0 Å². The van der Waals surface area contributed by atoms with E-state index in [1.807, 2.05) is 19.1 Å². The third kappa shape index (κ3) is 4.20. The average molecular weight is 414 g/mol. The first-order chi connectivity index (χ1) is 14.4. The summed E-state index contributed by atoms with van der Waals surface area (Å²) < 4.78 is 18.4. The molecule has 2 amide bonds. The van der Waals surface area contributed by atoms with Gasteiger partial charge in [-0.15, -0.1) is 0 Å². The molecule has 0 spiro atoms. The third-order valence-corrected chi connectivity index (χ3v) is 5.52. The number of aromatic amines is 1. The van der Waals surface area contributed by atoms with Gasteiger partial charge in [0.2, 0.25) is 0 Å². The van der Waals surface area contributed by atoms with Crippen LogP contribution in [0.1, 0.15) is 19.8 Å². The minimum Gasteiger partial charge on any atom is -0.408 e. The Labute approximate surface area is 172 Å². The Hall–Kier alpha value is -3.20. The second-order valence-corrected chi connectivity index (χ2v) is 7.60. The van der Waals surface area contributed by atoms with Crippen LogP contribution in [-0.4, -0.2) is 58.3 Å². The highest BCUT2D eigenvalue weighted by Crippen LogP contribution is 2.22. The van der Waals surface area contributed by atoms with E-state index in [2.05, 4.69) is 15.2 Å². The van der Waals surface area contributed by atoms with Crippen molar-refractivity contribution in [1.29, 1.82) is 0 Å².